The number of nitrogens with zero attached hydrogens (tertiary/aromatic N) is 2. The van der Waals surface area contributed by atoms with Crippen molar-refractivity contribution in [1.29, 1.82) is 0 Å². The average Bonchev–Trinajstić information content (AvgIpc) is 3.19. The van der Waals surface area contributed by atoms with Gasteiger partial charge in [-0.05, 0) is 61.4 Å². The van der Waals surface area contributed by atoms with Gasteiger partial charge in [0.2, 0.25) is 5.91 Å². The Morgan fingerprint density at radius 3 is 2.31 bits per heavy atom. The van der Waals surface area contributed by atoms with E-state index in [2.05, 4.69) is 15.5 Å². The maximum atomic E-state index is 13.4. The molecule has 1 heterocycles. The van der Waals surface area contributed by atoms with Gasteiger partial charge >= 0.3 is 0 Å². The Labute approximate surface area is 229 Å². The quantitative estimate of drug-likeness (QED) is 0.450. The summed E-state index contributed by atoms with van der Waals surface area (Å²) in [5.41, 5.74) is 4.24. The van der Waals surface area contributed by atoms with Gasteiger partial charge in [0.25, 0.3) is 11.8 Å². The first-order chi connectivity index (χ1) is 18.7. The topological polar surface area (TPSA) is 81.8 Å². The molecule has 0 atom stereocenters. The van der Waals surface area contributed by atoms with Crippen molar-refractivity contribution in [3.05, 3.63) is 94.8 Å². The lowest BCUT2D eigenvalue weighted by atomic mass is 10.1. The van der Waals surface area contributed by atoms with E-state index in [-0.39, 0.29) is 36.0 Å². The molecule has 0 bridgehead atoms. The Morgan fingerprint density at radius 1 is 0.897 bits per heavy atom. The van der Waals surface area contributed by atoms with Crippen LogP contribution in [0, 0.1) is 18.7 Å². The molecule has 0 aromatic heterocycles. The van der Waals surface area contributed by atoms with Crippen LogP contribution in [0.1, 0.15) is 52.1 Å². The highest BCUT2D eigenvalue weighted by atomic mass is 19.1. The Balaban J connectivity index is 1.53. The second-order valence-corrected chi connectivity index (χ2v) is 10.2. The van der Waals surface area contributed by atoms with Gasteiger partial charge in [0, 0.05) is 55.6 Å². The average molecular weight is 531 g/mol. The molecule has 4 rings (SSSR count). The van der Waals surface area contributed by atoms with Crippen LogP contribution in [-0.2, 0) is 11.3 Å². The monoisotopic (exact) mass is 530 g/mol. The molecule has 7 nitrogen and oxygen atoms in total. The standard InChI is InChI=1S/C31H35FN4O3/c1-21(2)29(37)34-26-13-14-28(27(19-26)30(38)33-20-23-7-11-25(32)12-8-23)35-15-4-16-36(18-17-35)31(39)24-9-5-22(3)6-10-24/h5-14,19,21H,4,15-18,20H2,1-3H3,(H,33,38)(H,34,37). The van der Waals surface area contributed by atoms with Crippen molar-refractivity contribution < 1.29 is 18.8 Å². The summed E-state index contributed by atoms with van der Waals surface area (Å²) >= 11 is 0. The number of anilines is 2. The third-order valence-corrected chi connectivity index (χ3v) is 6.82. The maximum absolute atomic E-state index is 13.4. The number of hydrogen-bond donors (Lipinski definition) is 2. The smallest absolute Gasteiger partial charge is 0.253 e. The van der Waals surface area contributed by atoms with Crippen LogP contribution in [-0.4, -0.2) is 48.8 Å². The second kappa shape index (κ2) is 12.6. The van der Waals surface area contributed by atoms with Crippen LogP contribution in [0.25, 0.3) is 0 Å². The third-order valence-electron chi connectivity index (χ3n) is 6.82. The summed E-state index contributed by atoms with van der Waals surface area (Å²) in [6.45, 7) is 8.22. The Kier molecular flexibility index (Phi) is 8.96. The first kappa shape index (κ1) is 27.8. The summed E-state index contributed by atoms with van der Waals surface area (Å²) in [5.74, 6) is -0.978. The highest BCUT2D eigenvalue weighted by Crippen LogP contribution is 2.27. The summed E-state index contributed by atoms with van der Waals surface area (Å²) in [6, 6.07) is 18.9. The van der Waals surface area contributed by atoms with Gasteiger partial charge in [-0.25, -0.2) is 4.39 Å². The zero-order chi connectivity index (χ0) is 27.9. The summed E-state index contributed by atoms with van der Waals surface area (Å²) in [6.07, 6.45) is 0.750. The number of rotatable bonds is 7. The second-order valence-electron chi connectivity index (χ2n) is 10.2. The van der Waals surface area contributed by atoms with Crippen LogP contribution in [0.5, 0.6) is 0 Å². The first-order valence-corrected chi connectivity index (χ1v) is 13.3. The Morgan fingerprint density at radius 2 is 1.62 bits per heavy atom. The number of amides is 3. The van der Waals surface area contributed by atoms with E-state index >= 15 is 0 Å². The molecule has 3 aromatic rings. The molecule has 1 fully saturated rings. The highest BCUT2D eigenvalue weighted by molar-refractivity contribution is 6.02. The number of halogens is 1. The minimum Gasteiger partial charge on any atom is -0.369 e. The number of benzene rings is 3. The first-order valence-electron chi connectivity index (χ1n) is 13.3. The van der Waals surface area contributed by atoms with Gasteiger partial charge in [0.15, 0.2) is 0 Å². The molecule has 3 amide bonds. The fraction of sp³-hybridized carbons (Fsp3) is 0.323. The van der Waals surface area contributed by atoms with Crippen LogP contribution in [0.4, 0.5) is 15.8 Å². The fourth-order valence-corrected chi connectivity index (χ4v) is 4.48. The van der Waals surface area contributed by atoms with Crippen molar-refractivity contribution >= 4 is 29.1 Å². The molecule has 3 aromatic carbocycles. The fourth-order valence-electron chi connectivity index (χ4n) is 4.48. The van der Waals surface area contributed by atoms with Gasteiger partial charge in [-0.1, -0.05) is 43.7 Å². The number of carbonyl (C=O) groups excluding carboxylic acids is 3. The van der Waals surface area contributed by atoms with Gasteiger partial charge in [-0.3, -0.25) is 14.4 Å². The Bertz CT molecular complexity index is 1320. The van der Waals surface area contributed by atoms with E-state index in [1.165, 1.54) is 12.1 Å². The number of aryl methyl sites for hydroxylation is 1. The molecule has 0 spiro atoms. The van der Waals surface area contributed by atoms with E-state index in [9.17, 15) is 18.8 Å². The zero-order valence-electron chi connectivity index (χ0n) is 22.7. The summed E-state index contributed by atoms with van der Waals surface area (Å²) in [5, 5.41) is 5.79. The minimum atomic E-state index is -0.336. The van der Waals surface area contributed by atoms with Gasteiger partial charge in [-0.2, -0.15) is 0 Å². The molecule has 1 aliphatic heterocycles. The van der Waals surface area contributed by atoms with Crippen molar-refractivity contribution in [1.82, 2.24) is 10.2 Å². The third kappa shape index (κ3) is 7.22. The molecule has 2 N–H and O–H groups in total. The van der Waals surface area contributed by atoms with Gasteiger partial charge < -0.3 is 20.4 Å². The molecular formula is C31H35FN4O3. The lowest BCUT2D eigenvalue weighted by Gasteiger charge is -2.26. The molecule has 204 valence electrons. The Hall–Kier alpha value is -4.20. The number of nitrogens with one attached hydrogen (secondary N) is 2. The van der Waals surface area contributed by atoms with Crippen LogP contribution >= 0.6 is 0 Å². The van der Waals surface area contributed by atoms with E-state index in [4.69, 9.17) is 0 Å². The van der Waals surface area contributed by atoms with E-state index in [1.807, 2.05) is 42.2 Å². The largest absolute Gasteiger partial charge is 0.369 e. The molecule has 1 saturated heterocycles. The van der Waals surface area contributed by atoms with Crippen LogP contribution in [0.15, 0.2) is 66.7 Å². The van der Waals surface area contributed by atoms with Crippen molar-refractivity contribution in [2.75, 3.05) is 36.4 Å². The van der Waals surface area contributed by atoms with Crippen LogP contribution in [0.2, 0.25) is 0 Å². The SMILES string of the molecule is Cc1ccc(C(=O)N2CCCN(c3ccc(NC(=O)C(C)C)cc3C(=O)NCc3ccc(F)cc3)CC2)cc1. The number of hydrogen-bond acceptors (Lipinski definition) is 4. The van der Waals surface area contributed by atoms with Crippen molar-refractivity contribution in [3.63, 3.8) is 0 Å². The molecule has 0 unspecified atom stereocenters. The molecule has 0 aliphatic carbocycles. The molecule has 0 radical (unpaired) electrons. The van der Waals surface area contributed by atoms with E-state index in [1.54, 1.807) is 38.1 Å². The lowest BCUT2D eigenvalue weighted by molar-refractivity contribution is -0.118. The summed E-state index contributed by atoms with van der Waals surface area (Å²) in [7, 11) is 0. The predicted molar refractivity (Wildman–Crippen MR) is 151 cm³/mol. The van der Waals surface area contributed by atoms with E-state index in [0.29, 0.717) is 43.0 Å². The molecule has 39 heavy (non-hydrogen) atoms. The highest BCUT2D eigenvalue weighted by Gasteiger charge is 2.24. The zero-order valence-corrected chi connectivity index (χ0v) is 22.7. The van der Waals surface area contributed by atoms with Gasteiger partial charge in [0.1, 0.15) is 5.82 Å². The normalized spacial score (nSPS) is 13.7. The van der Waals surface area contributed by atoms with Gasteiger partial charge in [0.05, 0.1) is 5.56 Å². The van der Waals surface area contributed by atoms with E-state index < -0.39 is 0 Å². The van der Waals surface area contributed by atoms with Crippen LogP contribution < -0.4 is 15.5 Å². The molecule has 1 aliphatic rings. The van der Waals surface area contributed by atoms with Gasteiger partial charge in [-0.15, -0.1) is 0 Å². The lowest BCUT2D eigenvalue weighted by Crippen LogP contribution is -2.36. The maximum Gasteiger partial charge on any atom is 0.253 e. The summed E-state index contributed by atoms with van der Waals surface area (Å²) < 4.78 is 13.3. The van der Waals surface area contributed by atoms with Crippen molar-refractivity contribution in [2.24, 2.45) is 5.92 Å². The summed E-state index contributed by atoms with van der Waals surface area (Å²) in [4.78, 5) is 42.8. The van der Waals surface area contributed by atoms with Crippen molar-refractivity contribution in [3.8, 4) is 0 Å². The molecular weight excluding hydrogens is 495 g/mol. The van der Waals surface area contributed by atoms with E-state index in [0.717, 1.165) is 23.2 Å². The minimum absolute atomic E-state index is 0.000796. The molecule has 8 heteroatoms. The van der Waals surface area contributed by atoms with Crippen LogP contribution in [0.3, 0.4) is 0 Å². The van der Waals surface area contributed by atoms with Crippen molar-refractivity contribution in [2.45, 2.75) is 33.7 Å². The molecule has 0 saturated carbocycles. The predicted octanol–water partition coefficient (Wildman–Crippen LogP) is 5.01. The number of carbonyl (C=O) groups is 3.